The smallest absolute Gasteiger partial charge is 0.211 e. The van der Waals surface area contributed by atoms with Gasteiger partial charge in [0, 0.05) is 6.20 Å². The van der Waals surface area contributed by atoms with E-state index >= 15 is 0 Å². The second kappa shape index (κ2) is 5.93. The molecule has 0 saturated carbocycles. The van der Waals surface area contributed by atoms with Crippen LogP contribution in [0.1, 0.15) is 17.7 Å². The van der Waals surface area contributed by atoms with E-state index in [1.165, 1.54) is 0 Å². The van der Waals surface area contributed by atoms with Gasteiger partial charge in [0.15, 0.2) is 0 Å². The third-order valence-electron chi connectivity index (χ3n) is 2.19. The molecule has 0 radical (unpaired) electrons. The maximum atomic E-state index is 11.5. The van der Waals surface area contributed by atoms with Crippen molar-refractivity contribution in [3.8, 4) is 0 Å². The number of nitrogens with zero attached hydrogens (tertiary/aromatic N) is 1. The van der Waals surface area contributed by atoms with Gasteiger partial charge in [0.05, 0.1) is 18.0 Å². The standard InChI is InChI=1S/C10H17N3O2S/c1-9-4-2-6-12-10(9)8-13-16(14,15)7-3-5-11/h2,4,6,13H,3,5,7-8,11H2,1H3. The highest BCUT2D eigenvalue weighted by molar-refractivity contribution is 7.89. The molecule has 90 valence electrons. The lowest BCUT2D eigenvalue weighted by atomic mass is 10.2. The molecule has 6 heteroatoms. The maximum absolute atomic E-state index is 11.5. The summed E-state index contributed by atoms with van der Waals surface area (Å²) in [6.45, 7) is 2.51. The molecule has 0 unspecified atom stereocenters. The minimum Gasteiger partial charge on any atom is -0.330 e. The Morgan fingerprint density at radius 2 is 2.25 bits per heavy atom. The third kappa shape index (κ3) is 4.26. The molecule has 0 saturated heterocycles. The van der Waals surface area contributed by atoms with Gasteiger partial charge in [-0.3, -0.25) is 4.98 Å². The summed E-state index contributed by atoms with van der Waals surface area (Å²) in [5.74, 6) is 0.0649. The molecule has 1 rings (SSSR count). The molecule has 1 aromatic heterocycles. The molecular formula is C10H17N3O2S. The Balaban J connectivity index is 2.55. The lowest BCUT2D eigenvalue weighted by molar-refractivity contribution is 0.578. The number of rotatable bonds is 6. The number of nitrogens with two attached hydrogens (primary N) is 1. The quantitative estimate of drug-likeness (QED) is 0.745. The molecule has 0 atom stereocenters. The van der Waals surface area contributed by atoms with Crippen LogP contribution in [0.2, 0.25) is 0 Å². The van der Waals surface area contributed by atoms with Crippen molar-refractivity contribution in [1.29, 1.82) is 0 Å². The van der Waals surface area contributed by atoms with Crippen molar-refractivity contribution < 1.29 is 8.42 Å². The number of hydrogen-bond donors (Lipinski definition) is 2. The van der Waals surface area contributed by atoms with E-state index in [0.717, 1.165) is 11.3 Å². The van der Waals surface area contributed by atoms with E-state index in [2.05, 4.69) is 9.71 Å². The average Bonchev–Trinajstić information content (AvgIpc) is 2.26. The van der Waals surface area contributed by atoms with Crippen molar-refractivity contribution in [2.75, 3.05) is 12.3 Å². The molecular weight excluding hydrogens is 226 g/mol. The number of aromatic nitrogens is 1. The zero-order valence-corrected chi connectivity index (χ0v) is 10.1. The van der Waals surface area contributed by atoms with Gasteiger partial charge < -0.3 is 5.73 Å². The van der Waals surface area contributed by atoms with E-state index < -0.39 is 10.0 Å². The summed E-state index contributed by atoms with van der Waals surface area (Å²) in [7, 11) is -3.23. The van der Waals surface area contributed by atoms with E-state index in [1.54, 1.807) is 6.20 Å². The first-order valence-electron chi connectivity index (χ1n) is 5.13. The summed E-state index contributed by atoms with van der Waals surface area (Å²) >= 11 is 0. The van der Waals surface area contributed by atoms with Gasteiger partial charge in [-0.2, -0.15) is 0 Å². The van der Waals surface area contributed by atoms with Gasteiger partial charge in [0.1, 0.15) is 0 Å². The topological polar surface area (TPSA) is 85.1 Å². The number of hydrogen-bond acceptors (Lipinski definition) is 4. The molecule has 16 heavy (non-hydrogen) atoms. The lowest BCUT2D eigenvalue weighted by Crippen LogP contribution is -2.27. The van der Waals surface area contributed by atoms with Crippen LogP contribution in [-0.2, 0) is 16.6 Å². The van der Waals surface area contributed by atoms with Crippen LogP contribution in [0, 0.1) is 6.92 Å². The van der Waals surface area contributed by atoms with Crippen molar-refractivity contribution in [3.05, 3.63) is 29.6 Å². The van der Waals surface area contributed by atoms with Crippen LogP contribution in [0.15, 0.2) is 18.3 Å². The molecule has 0 aromatic carbocycles. The SMILES string of the molecule is Cc1cccnc1CNS(=O)(=O)CCCN. The Morgan fingerprint density at radius 3 is 2.88 bits per heavy atom. The molecule has 0 amide bonds. The second-order valence-corrected chi connectivity index (χ2v) is 5.48. The molecule has 0 aliphatic carbocycles. The normalized spacial score (nSPS) is 11.6. The minimum absolute atomic E-state index is 0.0649. The zero-order chi connectivity index (χ0) is 12.0. The highest BCUT2D eigenvalue weighted by Crippen LogP contribution is 2.03. The van der Waals surface area contributed by atoms with Crippen LogP contribution in [-0.4, -0.2) is 25.7 Å². The fourth-order valence-corrected chi connectivity index (χ4v) is 2.27. The first-order chi connectivity index (χ1) is 7.55. The van der Waals surface area contributed by atoms with Gasteiger partial charge in [-0.1, -0.05) is 6.07 Å². The van der Waals surface area contributed by atoms with Crippen LogP contribution < -0.4 is 10.5 Å². The summed E-state index contributed by atoms with van der Waals surface area (Å²) in [5.41, 5.74) is 6.99. The largest absolute Gasteiger partial charge is 0.330 e. The molecule has 0 aliphatic heterocycles. The maximum Gasteiger partial charge on any atom is 0.211 e. The van der Waals surface area contributed by atoms with Crippen molar-refractivity contribution in [3.63, 3.8) is 0 Å². The Kier molecular flexibility index (Phi) is 4.85. The summed E-state index contributed by atoms with van der Waals surface area (Å²) in [5, 5.41) is 0. The molecule has 3 N–H and O–H groups in total. The number of pyridine rings is 1. The molecule has 1 heterocycles. The van der Waals surface area contributed by atoms with E-state index in [9.17, 15) is 8.42 Å². The predicted octanol–water partition coefficient (Wildman–Crippen LogP) is 0.158. The van der Waals surface area contributed by atoms with Gasteiger partial charge in [0.2, 0.25) is 10.0 Å². The predicted molar refractivity (Wildman–Crippen MR) is 63.3 cm³/mol. The first kappa shape index (κ1) is 13.1. The van der Waals surface area contributed by atoms with Crippen molar-refractivity contribution in [1.82, 2.24) is 9.71 Å². The molecule has 0 spiro atoms. The first-order valence-corrected chi connectivity index (χ1v) is 6.78. The van der Waals surface area contributed by atoms with Gasteiger partial charge in [0.25, 0.3) is 0 Å². The fourth-order valence-electron chi connectivity index (χ4n) is 1.23. The number of nitrogens with one attached hydrogen (secondary N) is 1. The number of aryl methyl sites for hydroxylation is 1. The Labute approximate surface area is 96.1 Å². The minimum atomic E-state index is -3.23. The van der Waals surface area contributed by atoms with Crippen LogP contribution >= 0.6 is 0 Å². The lowest BCUT2D eigenvalue weighted by Gasteiger charge is -2.07. The summed E-state index contributed by atoms with van der Waals surface area (Å²) in [4.78, 5) is 4.11. The van der Waals surface area contributed by atoms with Gasteiger partial charge >= 0.3 is 0 Å². The highest BCUT2D eigenvalue weighted by atomic mass is 32.2. The monoisotopic (exact) mass is 243 g/mol. The van der Waals surface area contributed by atoms with E-state index in [-0.39, 0.29) is 12.3 Å². The third-order valence-corrected chi connectivity index (χ3v) is 3.60. The molecule has 5 nitrogen and oxygen atoms in total. The van der Waals surface area contributed by atoms with Crippen LogP contribution in [0.3, 0.4) is 0 Å². The van der Waals surface area contributed by atoms with Gasteiger partial charge in [-0.15, -0.1) is 0 Å². The van der Waals surface area contributed by atoms with Crippen molar-refractivity contribution in [2.24, 2.45) is 5.73 Å². The fraction of sp³-hybridized carbons (Fsp3) is 0.500. The van der Waals surface area contributed by atoms with E-state index in [4.69, 9.17) is 5.73 Å². The molecule has 0 fully saturated rings. The van der Waals surface area contributed by atoms with Crippen LogP contribution in [0.5, 0.6) is 0 Å². The zero-order valence-electron chi connectivity index (χ0n) is 9.31. The summed E-state index contributed by atoms with van der Waals surface area (Å²) < 4.78 is 25.5. The highest BCUT2D eigenvalue weighted by Gasteiger charge is 2.09. The average molecular weight is 243 g/mol. The van der Waals surface area contributed by atoms with Crippen molar-refractivity contribution >= 4 is 10.0 Å². The summed E-state index contributed by atoms with van der Waals surface area (Å²) in [6.07, 6.45) is 2.12. The van der Waals surface area contributed by atoms with Gasteiger partial charge in [-0.25, -0.2) is 13.1 Å². The molecule has 1 aromatic rings. The van der Waals surface area contributed by atoms with E-state index in [1.807, 2.05) is 19.1 Å². The second-order valence-electron chi connectivity index (χ2n) is 3.55. The van der Waals surface area contributed by atoms with Crippen molar-refractivity contribution in [2.45, 2.75) is 19.9 Å². The Morgan fingerprint density at radius 1 is 1.50 bits per heavy atom. The van der Waals surface area contributed by atoms with Crippen LogP contribution in [0.4, 0.5) is 0 Å². The number of sulfonamides is 1. The molecule has 0 bridgehead atoms. The molecule has 0 aliphatic rings. The Bertz CT molecular complexity index is 431. The van der Waals surface area contributed by atoms with Gasteiger partial charge in [-0.05, 0) is 31.5 Å². The summed E-state index contributed by atoms with van der Waals surface area (Å²) in [6, 6.07) is 3.72. The Hall–Kier alpha value is -0.980. The van der Waals surface area contributed by atoms with E-state index in [0.29, 0.717) is 13.0 Å². The van der Waals surface area contributed by atoms with Crippen LogP contribution in [0.25, 0.3) is 0 Å².